The fraction of sp³-hybridized carbons (Fsp3) is 0.467. The van der Waals surface area contributed by atoms with Crippen LogP contribution in [0.3, 0.4) is 0 Å². The van der Waals surface area contributed by atoms with E-state index in [1.807, 2.05) is 30.3 Å². The van der Waals surface area contributed by atoms with E-state index < -0.39 is 83.1 Å². The molecule has 0 fully saturated rings. The molecule has 2 rings (SSSR count). The highest BCUT2D eigenvalue weighted by Crippen LogP contribution is 2.38. The smallest absolute Gasteiger partial charge is 0.267 e. The summed E-state index contributed by atoms with van der Waals surface area (Å²) >= 11 is 0. The second-order valence-corrected chi connectivity index (χ2v) is 11.8. The molecule has 0 aromatic heterocycles. The summed E-state index contributed by atoms with van der Waals surface area (Å²) in [6.45, 7) is -3.04. The maximum atomic E-state index is 12.6. The predicted octanol–water partition coefficient (Wildman–Crippen LogP) is -3.84. The number of nitrogens with zero attached hydrogens (tertiary/aromatic N) is 3. The van der Waals surface area contributed by atoms with E-state index in [0.717, 1.165) is 10.5 Å². The summed E-state index contributed by atoms with van der Waals surface area (Å²) in [5, 5.41) is 46.3. The van der Waals surface area contributed by atoms with Crippen LogP contribution in [-0.2, 0) is 39.2 Å². The predicted molar refractivity (Wildman–Crippen MR) is 153 cm³/mol. The van der Waals surface area contributed by atoms with Crippen molar-refractivity contribution in [2.45, 2.75) is 31.8 Å². The summed E-state index contributed by atoms with van der Waals surface area (Å²) in [6.07, 6.45) is 0.840. The quantitative estimate of drug-likeness (QED) is 0.0774. The van der Waals surface area contributed by atoms with Gasteiger partial charge in [0.25, 0.3) is 7.82 Å². The Balaban J connectivity index is 2.31. The van der Waals surface area contributed by atoms with E-state index in [1.165, 1.54) is 9.80 Å². The van der Waals surface area contributed by atoms with Crippen molar-refractivity contribution < 1.29 is 58.1 Å². The van der Waals surface area contributed by atoms with Crippen LogP contribution >= 0.6 is 7.82 Å². The standard InChI is InChI=1S/C30H42N3O12P/c1-2-32(19-28(36)37)26(24-13-7-4-8-14-24)17-31(18-27(34)35)16-25(33(20-29(38)39)21-30(40)41)22-45-46(42,43)44-15-9-12-23-10-5-3-6-11-23/h3-8,10-11,13-14,25-26H,2,9,12,15-22H2,1H3,(H,34,35)(H,36,37)(H,38,39)(H,40,41)(H,42,43)/p-5. The van der Waals surface area contributed by atoms with E-state index in [2.05, 4.69) is 0 Å². The molecule has 0 amide bonds. The van der Waals surface area contributed by atoms with Gasteiger partial charge in [0, 0.05) is 51.4 Å². The zero-order valence-corrected chi connectivity index (χ0v) is 26.3. The molecule has 0 saturated carbocycles. The molecule has 254 valence electrons. The van der Waals surface area contributed by atoms with Gasteiger partial charge in [-0.1, -0.05) is 67.6 Å². The van der Waals surface area contributed by atoms with Crippen LogP contribution in [0.5, 0.6) is 0 Å². The first-order chi connectivity index (χ1) is 21.8. The molecule has 3 atom stereocenters. The lowest BCUT2D eigenvalue weighted by atomic mass is 10.0. The minimum absolute atomic E-state index is 0.175. The Hall–Kier alpha value is -3.69. The number of carbonyl (C=O) groups excluding carboxylic acids is 4. The molecule has 0 saturated heterocycles. The van der Waals surface area contributed by atoms with Crippen molar-refractivity contribution in [3.63, 3.8) is 0 Å². The monoisotopic (exact) mass is 662 g/mol. The number of rotatable bonds is 24. The number of hydrogen-bond donors (Lipinski definition) is 0. The lowest BCUT2D eigenvalue weighted by molar-refractivity contribution is -0.312. The van der Waals surface area contributed by atoms with E-state index in [0.29, 0.717) is 18.4 Å². The molecule has 2 aromatic carbocycles. The van der Waals surface area contributed by atoms with Gasteiger partial charge in [-0.25, -0.2) is 0 Å². The van der Waals surface area contributed by atoms with Crippen molar-refractivity contribution >= 4 is 31.7 Å². The minimum atomic E-state index is -4.99. The molecule has 15 nitrogen and oxygen atoms in total. The molecule has 0 aliphatic rings. The molecular weight excluding hydrogens is 625 g/mol. The largest absolute Gasteiger partial charge is 0.756 e. The van der Waals surface area contributed by atoms with Crippen LogP contribution in [0.1, 0.15) is 30.5 Å². The van der Waals surface area contributed by atoms with Gasteiger partial charge in [-0.15, -0.1) is 0 Å². The van der Waals surface area contributed by atoms with Gasteiger partial charge < -0.3 is 53.5 Å². The lowest BCUT2D eigenvalue weighted by Gasteiger charge is -2.40. The van der Waals surface area contributed by atoms with Gasteiger partial charge >= 0.3 is 0 Å². The fourth-order valence-electron chi connectivity index (χ4n) is 4.88. The van der Waals surface area contributed by atoms with Gasteiger partial charge in [0.1, 0.15) is 0 Å². The Morgan fingerprint density at radius 1 is 0.739 bits per heavy atom. The molecule has 0 bridgehead atoms. The van der Waals surface area contributed by atoms with E-state index in [9.17, 15) is 49.1 Å². The van der Waals surface area contributed by atoms with Crippen LogP contribution in [0, 0.1) is 0 Å². The Morgan fingerprint density at radius 3 is 1.78 bits per heavy atom. The van der Waals surface area contributed by atoms with Crippen molar-refractivity contribution in [2.24, 2.45) is 0 Å². The average molecular weight is 663 g/mol. The number of carbonyl (C=O) groups is 4. The molecule has 0 N–H and O–H groups in total. The molecule has 16 heteroatoms. The second-order valence-electron chi connectivity index (χ2n) is 10.4. The Morgan fingerprint density at radius 2 is 1.26 bits per heavy atom. The maximum Gasteiger partial charge on any atom is 0.267 e. The normalized spacial score (nSPS) is 14.2. The van der Waals surface area contributed by atoms with E-state index in [1.54, 1.807) is 37.3 Å². The van der Waals surface area contributed by atoms with Gasteiger partial charge in [0.15, 0.2) is 0 Å². The first-order valence-electron chi connectivity index (χ1n) is 14.5. The number of aryl methyl sites for hydroxylation is 1. The van der Waals surface area contributed by atoms with Crippen LogP contribution in [0.2, 0.25) is 0 Å². The van der Waals surface area contributed by atoms with Crippen LogP contribution < -0.4 is 25.3 Å². The molecule has 0 aliphatic heterocycles. The van der Waals surface area contributed by atoms with Crippen molar-refractivity contribution in [3.8, 4) is 0 Å². The average Bonchev–Trinajstić information content (AvgIpc) is 2.98. The third-order valence-corrected chi connectivity index (χ3v) is 7.89. The van der Waals surface area contributed by atoms with Gasteiger partial charge in [-0.05, 0) is 30.5 Å². The fourth-order valence-corrected chi connectivity index (χ4v) is 5.66. The summed E-state index contributed by atoms with van der Waals surface area (Å²) in [5.41, 5.74) is 1.56. The lowest BCUT2D eigenvalue weighted by Crippen LogP contribution is -2.56. The van der Waals surface area contributed by atoms with Crippen molar-refractivity contribution in [1.82, 2.24) is 14.7 Å². The molecule has 0 radical (unpaired) electrons. The number of likely N-dealkylation sites (N-methyl/N-ethyl adjacent to an activating group) is 1. The van der Waals surface area contributed by atoms with Gasteiger partial charge in [-0.2, -0.15) is 0 Å². The highest BCUT2D eigenvalue weighted by Gasteiger charge is 2.28. The van der Waals surface area contributed by atoms with Gasteiger partial charge in [-0.3, -0.25) is 19.3 Å². The number of phosphoric ester groups is 1. The van der Waals surface area contributed by atoms with E-state index in [-0.39, 0.29) is 19.7 Å². The zero-order valence-electron chi connectivity index (χ0n) is 25.4. The molecule has 0 spiro atoms. The third-order valence-electron chi connectivity index (χ3n) is 6.92. The number of carboxylic acids is 4. The first-order valence-corrected chi connectivity index (χ1v) is 15.9. The summed E-state index contributed by atoms with van der Waals surface area (Å²) < 4.78 is 22.6. The molecule has 2 aromatic rings. The number of hydrogen-bond acceptors (Lipinski definition) is 15. The van der Waals surface area contributed by atoms with E-state index in [4.69, 9.17) is 9.05 Å². The zero-order chi connectivity index (χ0) is 34.1. The molecule has 3 unspecified atom stereocenters. The van der Waals surface area contributed by atoms with E-state index >= 15 is 0 Å². The third kappa shape index (κ3) is 15.1. The van der Waals surface area contributed by atoms with Crippen LogP contribution in [0.4, 0.5) is 0 Å². The van der Waals surface area contributed by atoms with Gasteiger partial charge in [0.05, 0.1) is 37.1 Å². The Bertz CT molecular complexity index is 1280. The molecule has 46 heavy (non-hydrogen) atoms. The topological polar surface area (TPSA) is 229 Å². The molecular formula is C30H37N3O12P-5. The summed E-state index contributed by atoms with van der Waals surface area (Å²) in [7, 11) is -4.99. The highest BCUT2D eigenvalue weighted by atomic mass is 31.2. The number of benzene rings is 2. The second kappa shape index (κ2) is 19.7. The highest BCUT2D eigenvalue weighted by molar-refractivity contribution is 7.45. The molecule has 0 aliphatic carbocycles. The summed E-state index contributed by atoms with van der Waals surface area (Å²) in [6, 6.07) is 15.6. The number of carboxylic acid groups (broad SMARTS) is 4. The minimum Gasteiger partial charge on any atom is -0.756 e. The SMILES string of the molecule is CCN(CC(=O)[O-])C(CN(CC(=O)[O-])CC(COP(=O)([O-])OCCCc1ccccc1)N(CC(=O)[O-])CC(=O)[O-])c1ccccc1. The Labute approximate surface area is 267 Å². The van der Waals surface area contributed by atoms with Crippen molar-refractivity contribution in [2.75, 3.05) is 59.0 Å². The van der Waals surface area contributed by atoms with Gasteiger partial charge in [0.2, 0.25) is 0 Å². The van der Waals surface area contributed by atoms with Crippen molar-refractivity contribution in [1.29, 1.82) is 0 Å². The maximum absolute atomic E-state index is 12.6. The Kier molecular flexibility index (Phi) is 16.5. The summed E-state index contributed by atoms with van der Waals surface area (Å²) in [4.78, 5) is 62.5. The number of phosphoric acid groups is 1. The number of aliphatic carboxylic acids is 4. The van der Waals surface area contributed by atoms with Crippen LogP contribution in [0.15, 0.2) is 60.7 Å². The first kappa shape index (κ1) is 38.5. The van der Waals surface area contributed by atoms with Crippen LogP contribution in [0.25, 0.3) is 0 Å². The summed E-state index contributed by atoms with van der Waals surface area (Å²) in [5.74, 6) is -6.34. The van der Waals surface area contributed by atoms with Crippen LogP contribution in [-0.4, -0.2) is 104 Å². The molecule has 0 heterocycles. The van der Waals surface area contributed by atoms with Crippen molar-refractivity contribution in [3.05, 3.63) is 71.8 Å².